The van der Waals surface area contributed by atoms with Gasteiger partial charge in [0.2, 0.25) is 0 Å². The first-order valence-electron chi connectivity index (χ1n) is 9.59. The van der Waals surface area contributed by atoms with Crippen molar-refractivity contribution in [3.05, 3.63) is 29.8 Å². The zero-order valence-electron chi connectivity index (χ0n) is 16.5. The molecule has 2 rings (SSSR count). The quantitative estimate of drug-likeness (QED) is 0.718. The molecule has 25 heavy (non-hydrogen) atoms. The predicted molar refractivity (Wildman–Crippen MR) is 103 cm³/mol. The van der Waals surface area contributed by atoms with Crippen molar-refractivity contribution in [3.63, 3.8) is 0 Å². The molecule has 0 radical (unpaired) electrons. The van der Waals surface area contributed by atoms with E-state index in [-0.39, 0.29) is 18.2 Å². The van der Waals surface area contributed by atoms with Gasteiger partial charge in [0.25, 0.3) is 0 Å². The highest BCUT2D eigenvalue weighted by atomic mass is 16.6. The second kappa shape index (κ2) is 9.23. The van der Waals surface area contributed by atoms with Crippen molar-refractivity contribution in [2.75, 3.05) is 21.1 Å². The first-order valence-corrected chi connectivity index (χ1v) is 9.59. The van der Waals surface area contributed by atoms with Crippen molar-refractivity contribution in [2.24, 2.45) is 5.92 Å². The third kappa shape index (κ3) is 5.74. The fourth-order valence-electron chi connectivity index (χ4n) is 3.55. The van der Waals surface area contributed by atoms with Crippen LogP contribution in [0.4, 0.5) is 4.79 Å². The van der Waals surface area contributed by atoms with Gasteiger partial charge < -0.3 is 14.5 Å². The molecule has 1 aromatic carbocycles. The van der Waals surface area contributed by atoms with E-state index < -0.39 is 0 Å². The highest BCUT2D eigenvalue weighted by molar-refractivity contribution is 5.70. The lowest BCUT2D eigenvalue weighted by Gasteiger charge is -2.29. The number of hydrogen-bond donors (Lipinski definition) is 0. The van der Waals surface area contributed by atoms with Crippen LogP contribution in [-0.4, -0.2) is 43.1 Å². The molecule has 0 aromatic heterocycles. The number of nitrogens with zero attached hydrogens (tertiary/aromatic N) is 2. The molecule has 1 aliphatic carbocycles. The van der Waals surface area contributed by atoms with Crippen LogP contribution < -0.4 is 4.74 Å². The smallest absolute Gasteiger partial charge is 0.410 e. The molecule has 1 aromatic rings. The van der Waals surface area contributed by atoms with Gasteiger partial charge in [-0.05, 0) is 58.0 Å². The van der Waals surface area contributed by atoms with Crippen LogP contribution in [-0.2, 0) is 0 Å². The summed E-state index contributed by atoms with van der Waals surface area (Å²) in [6.45, 7) is 4.26. The van der Waals surface area contributed by atoms with Crippen molar-refractivity contribution < 1.29 is 9.53 Å². The Balaban J connectivity index is 1.92. The van der Waals surface area contributed by atoms with Crippen LogP contribution >= 0.6 is 0 Å². The molecule has 1 fully saturated rings. The van der Waals surface area contributed by atoms with Gasteiger partial charge in [-0.25, -0.2) is 4.79 Å². The molecule has 1 saturated carbocycles. The van der Waals surface area contributed by atoms with E-state index in [0.29, 0.717) is 5.75 Å². The third-order valence-electron chi connectivity index (χ3n) is 5.67. The number of carbonyl (C=O) groups is 1. The van der Waals surface area contributed by atoms with E-state index in [1.807, 2.05) is 39.3 Å². The standard InChI is InChI=1S/C21H34N2O2/c1-16(14-18-10-7-6-8-11-18)23(5)21(24)25-20-13-9-12-19(15-20)17(2)22(3)4/h9,12-13,15-18H,6-8,10-11,14H2,1-5H3/t16?,17-/m0/s1. The molecule has 0 aliphatic heterocycles. The summed E-state index contributed by atoms with van der Waals surface area (Å²) in [5.41, 5.74) is 1.15. The minimum atomic E-state index is -0.266. The Labute approximate surface area is 153 Å². The summed E-state index contributed by atoms with van der Waals surface area (Å²) in [7, 11) is 5.94. The Morgan fingerprint density at radius 2 is 1.84 bits per heavy atom. The van der Waals surface area contributed by atoms with Gasteiger partial charge in [-0.15, -0.1) is 0 Å². The normalized spacial score (nSPS) is 18.0. The predicted octanol–water partition coefficient (Wildman–Crippen LogP) is 5.10. The van der Waals surface area contributed by atoms with Gasteiger partial charge in [-0.3, -0.25) is 0 Å². The van der Waals surface area contributed by atoms with Gasteiger partial charge in [0, 0.05) is 19.1 Å². The van der Waals surface area contributed by atoms with Crippen LogP contribution in [0.3, 0.4) is 0 Å². The number of amides is 1. The fraction of sp³-hybridized carbons (Fsp3) is 0.667. The number of carbonyl (C=O) groups excluding carboxylic acids is 1. The molecule has 0 heterocycles. The average Bonchev–Trinajstić information content (AvgIpc) is 2.61. The number of hydrogen-bond acceptors (Lipinski definition) is 3. The molecular weight excluding hydrogens is 312 g/mol. The van der Waals surface area contributed by atoms with Crippen LogP contribution in [0.5, 0.6) is 5.75 Å². The zero-order chi connectivity index (χ0) is 18.4. The topological polar surface area (TPSA) is 32.8 Å². The van der Waals surface area contributed by atoms with Crippen LogP contribution in [0.25, 0.3) is 0 Å². The van der Waals surface area contributed by atoms with E-state index in [1.54, 1.807) is 4.90 Å². The minimum Gasteiger partial charge on any atom is -0.410 e. The Kier molecular flexibility index (Phi) is 7.30. The maximum atomic E-state index is 12.5. The van der Waals surface area contributed by atoms with Gasteiger partial charge >= 0.3 is 6.09 Å². The number of ether oxygens (including phenoxy) is 1. The molecule has 0 bridgehead atoms. The van der Waals surface area contributed by atoms with E-state index in [4.69, 9.17) is 4.74 Å². The second-order valence-corrected chi connectivity index (χ2v) is 7.78. The highest BCUT2D eigenvalue weighted by Gasteiger charge is 2.23. The van der Waals surface area contributed by atoms with Gasteiger partial charge in [0.15, 0.2) is 0 Å². The summed E-state index contributed by atoms with van der Waals surface area (Å²) in [5, 5.41) is 0. The Bertz CT molecular complexity index is 553. The van der Waals surface area contributed by atoms with E-state index in [2.05, 4.69) is 24.8 Å². The SMILES string of the molecule is CC(CC1CCCCC1)N(C)C(=O)Oc1cccc([C@H](C)N(C)C)c1. The van der Waals surface area contributed by atoms with E-state index in [0.717, 1.165) is 17.9 Å². The summed E-state index contributed by atoms with van der Waals surface area (Å²) in [5.74, 6) is 1.37. The molecular formula is C21H34N2O2. The lowest BCUT2D eigenvalue weighted by Crippen LogP contribution is -2.38. The van der Waals surface area contributed by atoms with Gasteiger partial charge in [-0.2, -0.15) is 0 Å². The first kappa shape index (κ1) is 19.8. The molecule has 4 nitrogen and oxygen atoms in total. The van der Waals surface area contributed by atoms with Gasteiger partial charge in [0.1, 0.15) is 5.75 Å². The summed E-state index contributed by atoms with van der Waals surface area (Å²) in [6.07, 6.45) is 7.45. The van der Waals surface area contributed by atoms with Crippen molar-refractivity contribution in [2.45, 2.75) is 64.5 Å². The largest absolute Gasteiger partial charge is 0.415 e. The minimum absolute atomic E-state index is 0.208. The molecule has 0 saturated heterocycles. The molecule has 2 atom stereocenters. The molecule has 1 amide bonds. The first-order chi connectivity index (χ1) is 11.9. The van der Waals surface area contributed by atoms with Crippen molar-refractivity contribution >= 4 is 6.09 Å². The van der Waals surface area contributed by atoms with Crippen molar-refractivity contribution in [3.8, 4) is 5.75 Å². The molecule has 140 valence electrons. The Hall–Kier alpha value is -1.55. The zero-order valence-corrected chi connectivity index (χ0v) is 16.5. The van der Waals surface area contributed by atoms with E-state index in [1.165, 1.54) is 32.1 Å². The van der Waals surface area contributed by atoms with Gasteiger partial charge in [0.05, 0.1) is 0 Å². The molecule has 4 heteroatoms. The van der Waals surface area contributed by atoms with Gasteiger partial charge in [-0.1, -0.05) is 44.2 Å². The number of benzene rings is 1. The lowest BCUT2D eigenvalue weighted by molar-refractivity contribution is 0.138. The molecule has 1 unspecified atom stereocenters. The molecule has 0 N–H and O–H groups in total. The highest BCUT2D eigenvalue weighted by Crippen LogP contribution is 2.28. The van der Waals surface area contributed by atoms with Crippen molar-refractivity contribution in [1.29, 1.82) is 0 Å². The fourth-order valence-corrected chi connectivity index (χ4v) is 3.55. The third-order valence-corrected chi connectivity index (χ3v) is 5.67. The Morgan fingerprint density at radius 3 is 2.48 bits per heavy atom. The lowest BCUT2D eigenvalue weighted by atomic mass is 9.85. The van der Waals surface area contributed by atoms with Crippen LogP contribution in [0.15, 0.2) is 24.3 Å². The molecule has 1 aliphatic rings. The molecule has 0 spiro atoms. The van der Waals surface area contributed by atoms with E-state index >= 15 is 0 Å². The summed E-state index contributed by atoms with van der Waals surface area (Å²) >= 11 is 0. The van der Waals surface area contributed by atoms with Crippen molar-refractivity contribution in [1.82, 2.24) is 9.80 Å². The van der Waals surface area contributed by atoms with Crippen LogP contribution in [0.1, 0.15) is 64.0 Å². The maximum absolute atomic E-state index is 12.5. The number of rotatable bonds is 6. The summed E-state index contributed by atoms with van der Waals surface area (Å²) in [4.78, 5) is 16.4. The summed E-state index contributed by atoms with van der Waals surface area (Å²) in [6, 6.07) is 8.31. The van der Waals surface area contributed by atoms with Crippen LogP contribution in [0.2, 0.25) is 0 Å². The van der Waals surface area contributed by atoms with E-state index in [9.17, 15) is 4.79 Å². The average molecular weight is 347 g/mol. The summed E-state index contributed by atoms with van der Waals surface area (Å²) < 4.78 is 5.63. The second-order valence-electron chi connectivity index (χ2n) is 7.78. The van der Waals surface area contributed by atoms with Crippen LogP contribution in [0, 0.1) is 5.92 Å². The Morgan fingerprint density at radius 1 is 1.16 bits per heavy atom. The maximum Gasteiger partial charge on any atom is 0.415 e. The monoisotopic (exact) mass is 346 g/mol.